The van der Waals surface area contributed by atoms with Crippen LogP contribution in [0.15, 0.2) is 54.6 Å². The third-order valence-electron chi connectivity index (χ3n) is 3.18. The lowest BCUT2D eigenvalue weighted by atomic mass is 9.81. The molecule has 1 heteroatoms. The summed E-state index contributed by atoms with van der Waals surface area (Å²) in [6.07, 6.45) is -0.554. The summed E-state index contributed by atoms with van der Waals surface area (Å²) in [7, 11) is 0. The molecule has 0 saturated heterocycles. The van der Waals surface area contributed by atoms with Crippen LogP contribution in [0.25, 0.3) is 0 Å². The normalized spacial score (nSPS) is 13.3. The minimum atomic E-state index is -0.554. The molecule has 0 unspecified atom stereocenters. The number of hydrogen-bond donors (Lipinski definition) is 1. The Morgan fingerprint density at radius 2 is 1.39 bits per heavy atom. The van der Waals surface area contributed by atoms with E-state index in [0.717, 1.165) is 11.1 Å². The van der Waals surface area contributed by atoms with Gasteiger partial charge in [0.15, 0.2) is 0 Å². The van der Waals surface area contributed by atoms with E-state index in [1.54, 1.807) is 0 Å². The maximum atomic E-state index is 10.5. The lowest BCUT2D eigenvalue weighted by molar-refractivity contribution is 0.217. The molecule has 1 N–H and O–H groups in total. The molecule has 2 aromatic rings. The average molecular weight is 240 g/mol. The molecule has 1 atom stereocenters. The first kappa shape index (κ1) is 12.8. The fourth-order valence-electron chi connectivity index (χ4n) is 2.23. The van der Waals surface area contributed by atoms with Crippen molar-refractivity contribution in [3.05, 3.63) is 71.3 Å². The van der Waals surface area contributed by atoms with Crippen molar-refractivity contribution in [2.75, 3.05) is 0 Å². The summed E-state index contributed by atoms with van der Waals surface area (Å²) in [6.45, 7) is 6.51. The fourth-order valence-corrected chi connectivity index (χ4v) is 2.23. The lowest BCUT2D eigenvalue weighted by Crippen LogP contribution is -2.16. The van der Waals surface area contributed by atoms with Crippen LogP contribution in [0.5, 0.6) is 0 Å². The second-order valence-corrected chi connectivity index (χ2v) is 5.65. The van der Waals surface area contributed by atoms with E-state index < -0.39 is 6.10 Å². The number of rotatable bonds is 2. The molecule has 2 aromatic carbocycles. The molecule has 0 aliphatic carbocycles. The van der Waals surface area contributed by atoms with Crippen LogP contribution in [-0.4, -0.2) is 5.11 Å². The zero-order valence-electron chi connectivity index (χ0n) is 11.2. The summed E-state index contributed by atoms with van der Waals surface area (Å²) in [6, 6.07) is 17.9. The first-order valence-electron chi connectivity index (χ1n) is 6.32. The van der Waals surface area contributed by atoms with E-state index in [2.05, 4.69) is 26.8 Å². The first-order chi connectivity index (χ1) is 8.50. The maximum absolute atomic E-state index is 10.5. The van der Waals surface area contributed by atoms with Gasteiger partial charge in [0.05, 0.1) is 0 Å². The van der Waals surface area contributed by atoms with E-state index in [1.807, 2.05) is 48.5 Å². The lowest BCUT2D eigenvalue weighted by Gasteiger charge is -2.25. The van der Waals surface area contributed by atoms with Crippen molar-refractivity contribution in [3.8, 4) is 0 Å². The topological polar surface area (TPSA) is 20.2 Å². The van der Waals surface area contributed by atoms with Crippen LogP contribution in [0.4, 0.5) is 0 Å². The van der Waals surface area contributed by atoms with Gasteiger partial charge in [-0.15, -0.1) is 0 Å². The molecule has 0 amide bonds. The SMILES string of the molecule is CC(C)(C)c1ccccc1[C@@H](O)c1ccccc1. The van der Waals surface area contributed by atoms with Crippen LogP contribution < -0.4 is 0 Å². The van der Waals surface area contributed by atoms with E-state index in [4.69, 9.17) is 0 Å². The monoisotopic (exact) mass is 240 g/mol. The van der Waals surface area contributed by atoms with Crippen molar-refractivity contribution in [3.63, 3.8) is 0 Å². The predicted octanol–water partition coefficient (Wildman–Crippen LogP) is 4.07. The second-order valence-electron chi connectivity index (χ2n) is 5.65. The minimum absolute atomic E-state index is 0.0341. The van der Waals surface area contributed by atoms with Crippen LogP contribution in [0, 0.1) is 0 Å². The number of hydrogen-bond acceptors (Lipinski definition) is 1. The molecule has 0 saturated carbocycles. The van der Waals surface area contributed by atoms with Gasteiger partial charge in [-0.3, -0.25) is 0 Å². The van der Waals surface area contributed by atoms with Gasteiger partial charge in [-0.05, 0) is 22.1 Å². The van der Waals surface area contributed by atoms with Crippen LogP contribution in [0.2, 0.25) is 0 Å². The first-order valence-corrected chi connectivity index (χ1v) is 6.32. The average Bonchev–Trinajstić information content (AvgIpc) is 2.38. The molecule has 0 aliphatic rings. The van der Waals surface area contributed by atoms with E-state index >= 15 is 0 Å². The van der Waals surface area contributed by atoms with Crippen molar-refractivity contribution in [2.24, 2.45) is 0 Å². The minimum Gasteiger partial charge on any atom is -0.384 e. The van der Waals surface area contributed by atoms with Gasteiger partial charge < -0.3 is 5.11 Å². The number of aliphatic hydroxyl groups excluding tert-OH is 1. The molecule has 94 valence electrons. The molecular formula is C17H20O. The Hall–Kier alpha value is -1.60. The second kappa shape index (κ2) is 4.95. The van der Waals surface area contributed by atoms with Crippen molar-refractivity contribution < 1.29 is 5.11 Å². The maximum Gasteiger partial charge on any atom is 0.104 e. The molecule has 0 radical (unpaired) electrons. The highest BCUT2D eigenvalue weighted by Gasteiger charge is 2.21. The molecule has 0 heterocycles. The van der Waals surface area contributed by atoms with E-state index in [1.165, 1.54) is 5.56 Å². The zero-order chi connectivity index (χ0) is 13.2. The van der Waals surface area contributed by atoms with Crippen molar-refractivity contribution >= 4 is 0 Å². The Kier molecular flexibility index (Phi) is 3.53. The van der Waals surface area contributed by atoms with E-state index in [0.29, 0.717) is 0 Å². The van der Waals surface area contributed by atoms with Crippen LogP contribution in [-0.2, 0) is 5.41 Å². The molecule has 18 heavy (non-hydrogen) atoms. The molecule has 1 nitrogen and oxygen atoms in total. The summed E-state index contributed by atoms with van der Waals surface area (Å²) in [4.78, 5) is 0. The highest BCUT2D eigenvalue weighted by Crippen LogP contribution is 2.32. The molecule has 0 aromatic heterocycles. The van der Waals surface area contributed by atoms with Crippen molar-refractivity contribution in [1.29, 1.82) is 0 Å². The quantitative estimate of drug-likeness (QED) is 0.839. The van der Waals surface area contributed by atoms with Gasteiger partial charge in [0.25, 0.3) is 0 Å². The molecule has 0 bridgehead atoms. The van der Waals surface area contributed by atoms with Crippen LogP contribution in [0.3, 0.4) is 0 Å². The number of benzene rings is 2. The standard InChI is InChI=1S/C17H20O/c1-17(2,3)15-12-8-7-11-14(15)16(18)13-9-5-4-6-10-13/h4-12,16,18H,1-3H3/t16-/m0/s1. The summed E-state index contributed by atoms with van der Waals surface area (Å²) in [5.74, 6) is 0. The molecule has 0 aliphatic heterocycles. The smallest absolute Gasteiger partial charge is 0.104 e. The van der Waals surface area contributed by atoms with Gasteiger partial charge in [0.1, 0.15) is 6.10 Å². The van der Waals surface area contributed by atoms with Gasteiger partial charge in [-0.2, -0.15) is 0 Å². The van der Waals surface area contributed by atoms with Gasteiger partial charge in [-0.25, -0.2) is 0 Å². The third-order valence-corrected chi connectivity index (χ3v) is 3.18. The molecule has 2 rings (SSSR count). The van der Waals surface area contributed by atoms with Crippen molar-refractivity contribution in [1.82, 2.24) is 0 Å². The fraction of sp³-hybridized carbons (Fsp3) is 0.294. The van der Waals surface area contributed by atoms with Gasteiger partial charge in [0.2, 0.25) is 0 Å². The Morgan fingerprint density at radius 1 is 0.833 bits per heavy atom. The zero-order valence-corrected chi connectivity index (χ0v) is 11.2. The molecular weight excluding hydrogens is 220 g/mol. The van der Waals surface area contributed by atoms with Crippen LogP contribution >= 0.6 is 0 Å². The van der Waals surface area contributed by atoms with Crippen LogP contribution in [0.1, 0.15) is 43.6 Å². The Balaban J connectivity index is 2.46. The summed E-state index contributed by atoms with van der Waals surface area (Å²) < 4.78 is 0. The Morgan fingerprint density at radius 3 is 2.00 bits per heavy atom. The van der Waals surface area contributed by atoms with Gasteiger partial charge >= 0.3 is 0 Å². The molecule has 0 spiro atoms. The highest BCUT2D eigenvalue weighted by molar-refractivity contribution is 5.39. The predicted molar refractivity (Wildman–Crippen MR) is 75.6 cm³/mol. The summed E-state index contributed by atoms with van der Waals surface area (Å²) >= 11 is 0. The van der Waals surface area contributed by atoms with Gasteiger partial charge in [0, 0.05) is 0 Å². The Bertz CT molecular complexity index is 509. The van der Waals surface area contributed by atoms with Crippen molar-refractivity contribution in [2.45, 2.75) is 32.3 Å². The van der Waals surface area contributed by atoms with Gasteiger partial charge in [-0.1, -0.05) is 75.4 Å². The summed E-state index contributed by atoms with van der Waals surface area (Å²) in [5.41, 5.74) is 3.17. The summed E-state index contributed by atoms with van der Waals surface area (Å²) in [5, 5.41) is 10.5. The highest BCUT2D eigenvalue weighted by atomic mass is 16.3. The number of aliphatic hydroxyl groups is 1. The third kappa shape index (κ3) is 2.62. The largest absolute Gasteiger partial charge is 0.384 e. The Labute approximate surface area is 109 Å². The van der Waals surface area contributed by atoms with E-state index in [9.17, 15) is 5.11 Å². The van der Waals surface area contributed by atoms with E-state index in [-0.39, 0.29) is 5.41 Å². The molecule has 0 fully saturated rings.